The summed E-state index contributed by atoms with van der Waals surface area (Å²) < 4.78 is 42.9. The van der Waals surface area contributed by atoms with E-state index in [1.54, 1.807) is 12.4 Å². The SMILES string of the molecule is O=C(c1cnc2c(c1)ncn2Cc1ccccc1)N1CCC(OC(F)(F)F)CC1. The van der Waals surface area contributed by atoms with Gasteiger partial charge in [0.2, 0.25) is 0 Å². The maximum absolute atomic E-state index is 12.7. The highest BCUT2D eigenvalue weighted by atomic mass is 19.4. The van der Waals surface area contributed by atoms with Crippen molar-refractivity contribution in [1.82, 2.24) is 19.4 Å². The molecule has 0 bridgehead atoms. The Kier molecular flexibility index (Phi) is 5.23. The van der Waals surface area contributed by atoms with E-state index in [2.05, 4.69) is 14.7 Å². The van der Waals surface area contributed by atoms with Crippen molar-refractivity contribution in [3.63, 3.8) is 0 Å². The van der Waals surface area contributed by atoms with Crippen molar-refractivity contribution in [3.8, 4) is 0 Å². The molecule has 2 aromatic heterocycles. The zero-order valence-corrected chi connectivity index (χ0v) is 15.5. The number of piperidine rings is 1. The van der Waals surface area contributed by atoms with Crippen LogP contribution in [0, 0.1) is 0 Å². The highest BCUT2D eigenvalue weighted by Gasteiger charge is 2.35. The lowest BCUT2D eigenvalue weighted by atomic mass is 10.1. The van der Waals surface area contributed by atoms with E-state index in [1.165, 1.54) is 11.1 Å². The monoisotopic (exact) mass is 404 g/mol. The van der Waals surface area contributed by atoms with Gasteiger partial charge < -0.3 is 9.47 Å². The van der Waals surface area contributed by atoms with Gasteiger partial charge in [0.25, 0.3) is 5.91 Å². The van der Waals surface area contributed by atoms with Crippen LogP contribution in [0.3, 0.4) is 0 Å². The molecule has 6 nitrogen and oxygen atoms in total. The fourth-order valence-electron chi connectivity index (χ4n) is 3.51. The summed E-state index contributed by atoms with van der Waals surface area (Å²) in [4.78, 5) is 23.0. The van der Waals surface area contributed by atoms with Crippen molar-refractivity contribution in [2.45, 2.75) is 31.9 Å². The number of hydrogen-bond donors (Lipinski definition) is 0. The minimum Gasteiger partial charge on any atom is -0.338 e. The molecule has 3 heterocycles. The number of ether oxygens (including phenoxy) is 1. The molecular formula is C20H19F3N4O2. The lowest BCUT2D eigenvalue weighted by molar-refractivity contribution is -0.345. The van der Waals surface area contributed by atoms with Gasteiger partial charge in [-0.1, -0.05) is 30.3 Å². The van der Waals surface area contributed by atoms with Crippen LogP contribution < -0.4 is 0 Å². The molecule has 3 aromatic rings. The normalized spacial score (nSPS) is 15.8. The maximum atomic E-state index is 12.7. The van der Waals surface area contributed by atoms with Gasteiger partial charge in [-0.2, -0.15) is 0 Å². The van der Waals surface area contributed by atoms with Crippen LogP contribution in [-0.4, -0.2) is 50.9 Å². The van der Waals surface area contributed by atoms with E-state index in [9.17, 15) is 18.0 Å². The molecule has 152 valence electrons. The molecule has 1 aliphatic rings. The van der Waals surface area contributed by atoms with Crippen LogP contribution in [0.2, 0.25) is 0 Å². The van der Waals surface area contributed by atoms with Crippen LogP contribution in [0.25, 0.3) is 11.2 Å². The smallest absolute Gasteiger partial charge is 0.338 e. The molecule has 1 aromatic carbocycles. The zero-order chi connectivity index (χ0) is 20.4. The number of nitrogens with zero attached hydrogens (tertiary/aromatic N) is 4. The van der Waals surface area contributed by atoms with E-state index in [1.807, 2.05) is 34.9 Å². The number of alkyl halides is 3. The number of carbonyl (C=O) groups excluding carboxylic acids is 1. The number of hydrogen-bond acceptors (Lipinski definition) is 4. The number of imidazole rings is 1. The second-order valence-electron chi connectivity index (χ2n) is 6.98. The number of benzene rings is 1. The zero-order valence-electron chi connectivity index (χ0n) is 15.5. The fourth-order valence-corrected chi connectivity index (χ4v) is 3.51. The Morgan fingerprint density at radius 3 is 2.55 bits per heavy atom. The highest BCUT2D eigenvalue weighted by molar-refractivity contribution is 5.96. The Balaban J connectivity index is 1.44. The van der Waals surface area contributed by atoms with Crippen LogP contribution in [0.4, 0.5) is 13.2 Å². The topological polar surface area (TPSA) is 60.2 Å². The van der Waals surface area contributed by atoms with Gasteiger partial charge in [-0.3, -0.25) is 9.53 Å². The molecule has 0 unspecified atom stereocenters. The van der Waals surface area contributed by atoms with Crippen LogP contribution in [-0.2, 0) is 11.3 Å². The number of amides is 1. The van der Waals surface area contributed by atoms with Gasteiger partial charge in [0.15, 0.2) is 5.65 Å². The summed E-state index contributed by atoms with van der Waals surface area (Å²) in [6.07, 6.45) is -2.09. The fraction of sp³-hybridized carbons (Fsp3) is 0.350. The van der Waals surface area contributed by atoms with Gasteiger partial charge >= 0.3 is 6.36 Å². The Bertz CT molecular complexity index is 996. The van der Waals surface area contributed by atoms with Crippen molar-refractivity contribution in [2.75, 3.05) is 13.1 Å². The minimum atomic E-state index is -4.65. The van der Waals surface area contributed by atoms with Crippen LogP contribution in [0.5, 0.6) is 0 Å². The molecular weight excluding hydrogens is 385 g/mol. The average molecular weight is 404 g/mol. The first kappa shape index (κ1) is 19.4. The number of halogens is 3. The number of pyridine rings is 1. The number of aromatic nitrogens is 3. The van der Waals surface area contributed by atoms with Gasteiger partial charge in [0.05, 0.1) is 24.5 Å². The van der Waals surface area contributed by atoms with Gasteiger partial charge in [-0.15, -0.1) is 13.2 Å². The molecule has 29 heavy (non-hydrogen) atoms. The van der Waals surface area contributed by atoms with Gasteiger partial charge in [-0.25, -0.2) is 9.97 Å². The first-order valence-corrected chi connectivity index (χ1v) is 9.28. The van der Waals surface area contributed by atoms with Gasteiger partial charge in [-0.05, 0) is 24.5 Å². The molecule has 0 atom stereocenters. The summed E-state index contributed by atoms with van der Waals surface area (Å²) in [7, 11) is 0. The number of rotatable bonds is 4. The van der Waals surface area contributed by atoms with E-state index >= 15 is 0 Å². The van der Waals surface area contributed by atoms with E-state index in [4.69, 9.17) is 0 Å². The predicted molar refractivity (Wildman–Crippen MR) is 99.1 cm³/mol. The summed E-state index contributed by atoms with van der Waals surface area (Å²) in [5.74, 6) is -0.262. The van der Waals surface area contributed by atoms with Gasteiger partial charge in [0.1, 0.15) is 5.52 Å². The van der Waals surface area contributed by atoms with E-state index in [0.29, 0.717) is 23.3 Å². The minimum absolute atomic E-state index is 0.145. The summed E-state index contributed by atoms with van der Waals surface area (Å²) in [5.41, 5.74) is 2.75. The first-order chi connectivity index (χ1) is 13.9. The van der Waals surface area contributed by atoms with Crippen molar-refractivity contribution in [1.29, 1.82) is 0 Å². The highest BCUT2D eigenvalue weighted by Crippen LogP contribution is 2.25. The second kappa shape index (κ2) is 7.82. The average Bonchev–Trinajstić information content (AvgIpc) is 3.10. The Morgan fingerprint density at radius 1 is 1.14 bits per heavy atom. The van der Waals surface area contributed by atoms with Crippen molar-refractivity contribution in [2.24, 2.45) is 0 Å². The summed E-state index contributed by atoms with van der Waals surface area (Å²) in [5, 5.41) is 0. The third kappa shape index (κ3) is 4.56. The summed E-state index contributed by atoms with van der Waals surface area (Å²) in [6, 6.07) is 11.6. The van der Waals surface area contributed by atoms with Crippen LogP contribution >= 0.6 is 0 Å². The molecule has 0 aliphatic carbocycles. The molecule has 1 aliphatic heterocycles. The molecule has 1 amide bonds. The maximum Gasteiger partial charge on any atom is 0.522 e. The van der Waals surface area contributed by atoms with Crippen LogP contribution in [0.1, 0.15) is 28.8 Å². The van der Waals surface area contributed by atoms with E-state index in [0.717, 1.165) is 5.56 Å². The second-order valence-corrected chi connectivity index (χ2v) is 6.98. The number of fused-ring (bicyclic) bond motifs is 1. The molecule has 4 rings (SSSR count). The third-order valence-electron chi connectivity index (χ3n) is 4.93. The summed E-state index contributed by atoms with van der Waals surface area (Å²) >= 11 is 0. The third-order valence-corrected chi connectivity index (χ3v) is 4.93. The van der Waals surface area contributed by atoms with Crippen molar-refractivity contribution >= 4 is 17.1 Å². The quantitative estimate of drug-likeness (QED) is 0.667. The number of likely N-dealkylation sites (tertiary alicyclic amines) is 1. The van der Waals surface area contributed by atoms with Crippen molar-refractivity contribution in [3.05, 3.63) is 60.0 Å². The number of carbonyl (C=O) groups is 1. The Morgan fingerprint density at radius 2 is 1.86 bits per heavy atom. The van der Waals surface area contributed by atoms with E-state index < -0.39 is 12.5 Å². The Hall–Kier alpha value is -2.94. The molecule has 9 heteroatoms. The van der Waals surface area contributed by atoms with Gasteiger partial charge in [0, 0.05) is 19.3 Å². The molecule has 0 spiro atoms. The predicted octanol–water partition coefficient (Wildman–Crippen LogP) is 3.62. The van der Waals surface area contributed by atoms with Crippen LogP contribution in [0.15, 0.2) is 48.9 Å². The lowest BCUT2D eigenvalue weighted by Gasteiger charge is -2.32. The summed E-state index contributed by atoms with van der Waals surface area (Å²) in [6.45, 7) is 1.03. The molecule has 0 saturated carbocycles. The standard InChI is InChI=1S/C20H19F3N4O2/c21-20(22,23)29-16-6-8-26(9-7-16)19(28)15-10-17-18(24-11-15)27(13-25-17)12-14-4-2-1-3-5-14/h1-5,10-11,13,16H,6-9,12H2. The molecule has 0 radical (unpaired) electrons. The molecule has 0 N–H and O–H groups in total. The first-order valence-electron chi connectivity index (χ1n) is 9.28. The lowest BCUT2D eigenvalue weighted by Crippen LogP contribution is -2.42. The van der Waals surface area contributed by atoms with E-state index in [-0.39, 0.29) is 31.8 Å². The molecule has 1 saturated heterocycles. The Labute approximate surface area is 164 Å². The molecule has 1 fully saturated rings. The largest absolute Gasteiger partial charge is 0.522 e. The van der Waals surface area contributed by atoms with Crippen molar-refractivity contribution < 1.29 is 22.7 Å².